The summed E-state index contributed by atoms with van der Waals surface area (Å²) in [7, 11) is 0. The molecule has 0 aliphatic carbocycles. The number of thioether (sulfide) groups is 1. The first-order valence-electron chi connectivity index (χ1n) is 6.35. The molecule has 0 saturated heterocycles. The minimum Gasteiger partial charge on any atom is -0.242 e. The number of hydrogen-bond acceptors (Lipinski definition) is 5. The van der Waals surface area contributed by atoms with E-state index in [0.29, 0.717) is 0 Å². The Bertz CT molecular complexity index is 749. The summed E-state index contributed by atoms with van der Waals surface area (Å²) in [5, 5.41) is 2.28. The average Bonchev–Trinajstić information content (AvgIpc) is 2.74. The molecule has 0 unspecified atom stereocenters. The van der Waals surface area contributed by atoms with Gasteiger partial charge < -0.3 is 0 Å². The lowest BCUT2D eigenvalue weighted by Crippen LogP contribution is -1.86. The van der Waals surface area contributed by atoms with Crippen molar-refractivity contribution in [2.75, 3.05) is 5.75 Å². The molecule has 5 heteroatoms. The summed E-state index contributed by atoms with van der Waals surface area (Å²) in [5.41, 5.74) is 3.37. The van der Waals surface area contributed by atoms with E-state index >= 15 is 0 Å². The van der Waals surface area contributed by atoms with Crippen molar-refractivity contribution < 1.29 is 0 Å². The lowest BCUT2D eigenvalue weighted by molar-refractivity contribution is 1.08. The van der Waals surface area contributed by atoms with Crippen LogP contribution in [-0.2, 0) is 0 Å². The Labute approximate surface area is 120 Å². The van der Waals surface area contributed by atoms with Crippen molar-refractivity contribution in [3.05, 3.63) is 23.7 Å². The Hall–Kier alpha value is -1.20. The second-order valence-electron chi connectivity index (χ2n) is 4.57. The molecule has 0 aliphatic rings. The van der Waals surface area contributed by atoms with Crippen LogP contribution in [0.2, 0.25) is 0 Å². The van der Waals surface area contributed by atoms with Crippen LogP contribution in [0.4, 0.5) is 0 Å². The van der Waals surface area contributed by atoms with E-state index in [1.165, 1.54) is 15.6 Å². The topological polar surface area (TPSA) is 38.7 Å². The highest BCUT2D eigenvalue weighted by Gasteiger charge is 2.14. The summed E-state index contributed by atoms with van der Waals surface area (Å²) in [4.78, 5) is 14.6. The van der Waals surface area contributed by atoms with Crippen molar-refractivity contribution in [2.24, 2.45) is 0 Å². The molecule has 0 fully saturated rings. The number of pyridine rings is 1. The summed E-state index contributed by atoms with van der Waals surface area (Å²) in [6.07, 6.45) is 2.82. The molecule has 3 nitrogen and oxygen atoms in total. The van der Waals surface area contributed by atoms with Crippen molar-refractivity contribution in [3.63, 3.8) is 0 Å². The lowest BCUT2D eigenvalue weighted by Gasteiger charge is -2.00. The highest BCUT2D eigenvalue weighted by Crippen LogP contribution is 2.37. The molecule has 3 rings (SSSR count). The monoisotopic (exact) mass is 289 g/mol. The third-order valence-electron chi connectivity index (χ3n) is 2.96. The van der Waals surface area contributed by atoms with E-state index in [2.05, 4.69) is 34.9 Å². The second-order valence-corrected chi connectivity index (χ2v) is 6.65. The van der Waals surface area contributed by atoms with Crippen molar-refractivity contribution in [1.29, 1.82) is 0 Å². The zero-order valence-electron chi connectivity index (χ0n) is 11.2. The Morgan fingerprint density at radius 3 is 2.89 bits per heavy atom. The van der Waals surface area contributed by atoms with Gasteiger partial charge in [0.15, 0.2) is 0 Å². The smallest absolute Gasteiger partial charge is 0.126 e. The molecule has 0 radical (unpaired) electrons. The number of fused-ring (bicyclic) bond motifs is 3. The van der Waals surface area contributed by atoms with Crippen LogP contribution in [0, 0.1) is 13.8 Å². The molecular weight excluding hydrogens is 274 g/mol. The molecule has 0 aromatic carbocycles. The van der Waals surface area contributed by atoms with Crippen LogP contribution in [0.5, 0.6) is 0 Å². The van der Waals surface area contributed by atoms with E-state index in [-0.39, 0.29) is 0 Å². The third kappa shape index (κ3) is 2.21. The second kappa shape index (κ2) is 5.06. The first-order valence-corrected chi connectivity index (χ1v) is 8.15. The number of nitrogens with zero attached hydrogens (tertiary/aromatic N) is 3. The number of thiophene rings is 1. The van der Waals surface area contributed by atoms with Gasteiger partial charge in [0.25, 0.3) is 0 Å². The van der Waals surface area contributed by atoms with Crippen molar-refractivity contribution in [1.82, 2.24) is 15.0 Å². The minimum atomic E-state index is 1.05. The Kier molecular flexibility index (Phi) is 3.41. The lowest BCUT2D eigenvalue weighted by atomic mass is 10.1. The van der Waals surface area contributed by atoms with Crippen LogP contribution in [0.1, 0.15) is 24.6 Å². The van der Waals surface area contributed by atoms with Crippen LogP contribution < -0.4 is 0 Å². The SMILES string of the molecule is CCCSc1ncnc2c1sc1nc(C)cc(C)c12. The Morgan fingerprint density at radius 1 is 1.26 bits per heavy atom. The molecule has 0 saturated carbocycles. The molecule has 98 valence electrons. The van der Waals surface area contributed by atoms with Gasteiger partial charge in [-0.1, -0.05) is 6.92 Å². The van der Waals surface area contributed by atoms with Gasteiger partial charge in [-0.05, 0) is 37.7 Å². The fourth-order valence-electron chi connectivity index (χ4n) is 2.19. The van der Waals surface area contributed by atoms with Gasteiger partial charge in [0.1, 0.15) is 16.2 Å². The van der Waals surface area contributed by atoms with Crippen LogP contribution in [-0.4, -0.2) is 20.7 Å². The van der Waals surface area contributed by atoms with E-state index in [0.717, 1.165) is 33.2 Å². The normalized spacial score (nSPS) is 11.5. The number of hydrogen-bond donors (Lipinski definition) is 0. The van der Waals surface area contributed by atoms with E-state index in [4.69, 9.17) is 0 Å². The zero-order valence-corrected chi connectivity index (χ0v) is 12.9. The largest absolute Gasteiger partial charge is 0.242 e. The molecule has 0 atom stereocenters. The molecule has 3 aromatic rings. The fourth-order valence-corrected chi connectivity index (χ4v) is 4.37. The van der Waals surface area contributed by atoms with Gasteiger partial charge in [-0.25, -0.2) is 15.0 Å². The average molecular weight is 289 g/mol. The van der Waals surface area contributed by atoms with Crippen molar-refractivity contribution in [3.8, 4) is 0 Å². The van der Waals surface area contributed by atoms with Crippen LogP contribution in [0.3, 0.4) is 0 Å². The van der Waals surface area contributed by atoms with Gasteiger partial charge in [-0.15, -0.1) is 23.1 Å². The fraction of sp³-hybridized carbons (Fsp3) is 0.357. The number of aromatic nitrogens is 3. The molecular formula is C14H15N3S2. The predicted octanol–water partition coefficient (Wildman–Crippen LogP) is 4.36. The minimum absolute atomic E-state index is 1.05. The van der Waals surface area contributed by atoms with E-state index in [1.807, 2.05) is 6.92 Å². The van der Waals surface area contributed by atoms with Gasteiger partial charge in [0.05, 0.1) is 10.2 Å². The standard InChI is InChI=1S/C14H15N3S2/c1-4-5-18-14-12-11(15-7-16-14)10-8(2)6-9(3)17-13(10)19-12/h6-7H,4-5H2,1-3H3. The van der Waals surface area contributed by atoms with Gasteiger partial charge in [-0.2, -0.15) is 0 Å². The zero-order chi connectivity index (χ0) is 13.4. The maximum atomic E-state index is 4.64. The molecule has 3 heterocycles. The molecule has 0 spiro atoms. The molecule has 0 bridgehead atoms. The molecule has 0 N–H and O–H groups in total. The van der Waals surface area contributed by atoms with E-state index in [9.17, 15) is 0 Å². The van der Waals surface area contributed by atoms with Gasteiger partial charge in [-0.3, -0.25) is 0 Å². The van der Waals surface area contributed by atoms with Gasteiger partial charge >= 0.3 is 0 Å². The van der Waals surface area contributed by atoms with Crippen molar-refractivity contribution in [2.45, 2.75) is 32.2 Å². The number of rotatable bonds is 3. The van der Waals surface area contributed by atoms with Crippen molar-refractivity contribution >= 4 is 43.5 Å². The summed E-state index contributed by atoms with van der Waals surface area (Å²) >= 11 is 3.52. The van der Waals surface area contributed by atoms with Crippen LogP contribution >= 0.6 is 23.1 Å². The summed E-state index contributed by atoms with van der Waals surface area (Å²) in [5.74, 6) is 1.09. The van der Waals surface area contributed by atoms with Crippen LogP contribution in [0.15, 0.2) is 17.4 Å². The van der Waals surface area contributed by atoms with E-state index in [1.54, 1.807) is 29.4 Å². The summed E-state index contributed by atoms with van der Waals surface area (Å²) in [6, 6.07) is 2.12. The maximum absolute atomic E-state index is 4.64. The summed E-state index contributed by atoms with van der Waals surface area (Å²) < 4.78 is 1.18. The molecule has 19 heavy (non-hydrogen) atoms. The predicted molar refractivity (Wildman–Crippen MR) is 83.2 cm³/mol. The molecule has 3 aromatic heterocycles. The Morgan fingerprint density at radius 2 is 2.11 bits per heavy atom. The third-order valence-corrected chi connectivity index (χ3v) is 5.37. The highest BCUT2D eigenvalue weighted by molar-refractivity contribution is 7.99. The highest BCUT2D eigenvalue weighted by atomic mass is 32.2. The quantitative estimate of drug-likeness (QED) is 0.530. The van der Waals surface area contributed by atoms with Crippen LogP contribution in [0.25, 0.3) is 20.4 Å². The van der Waals surface area contributed by atoms with E-state index < -0.39 is 0 Å². The summed E-state index contributed by atoms with van der Waals surface area (Å²) in [6.45, 7) is 6.35. The van der Waals surface area contributed by atoms with Gasteiger partial charge in [0.2, 0.25) is 0 Å². The maximum Gasteiger partial charge on any atom is 0.126 e. The Balaban J connectivity index is 2.30. The first-order chi connectivity index (χ1) is 9.20. The molecule has 0 amide bonds. The first kappa shape index (κ1) is 12.8. The number of aryl methyl sites for hydroxylation is 2. The van der Waals surface area contributed by atoms with Gasteiger partial charge in [0, 0.05) is 11.1 Å². The molecule has 0 aliphatic heterocycles.